The van der Waals surface area contributed by atoms with E-state index in [0.29, 0.717) is 12.0 Å². The topological polar surface area (TPSA) is 95.5 Å². The first-order valence-electron chi connectivity index (χ1n) is 6.85. The molecular weight excluding hydrogens is 352 g/mol. The number of rotatable bonds is 7. The van der Waals surface area contributed by atoms with Gasteiger partial charge in [-0.05, 0) is 36.6 Å². The van der Waals surface area contributed by atoms with Crippen LogP contribution in [0.4, 0.5) is 0 Å². The number of carbonyl (C=O) groups excluding carboxylic acids is 2. The number of aliphatic carboxylic acids is 1. The van der Waals surface area contributed by atoms with Crippen LogP contribution in [0, 0.1) is 5.92 Å². The lowest BCUT2D eigenvalue weighted by Crippen LogP contribution is -2.46. The van der Waals surface area contributed by atoms with E-state index in [-0.39, 0.29) is 12.5 Å². The highest BCUT2D eigenvalue weighted by Gasteiger charge is 2.21. The number of nitrogens with one attached hydrogen (secondary N) is 2. The fraction of sp³-hybridized carbons (Fsp3) is 0.400. The van der Waals surface area contributed by atoms with Crippen molar-refractivity contribution in [2.45, 2.75) is 26.3 Å². The number of carboxylic acid groups (broad SMARTS) is 1. The Morgan fingerprint density at radius 1 is 1.18 bits per heavy atom. The van der Waals surface area contributed by atoms with Gasteiger partial charge in [0.2, 0.25) is 5.91 Å². The maximum Gasteiger partial charge on any atom is 0.326 e. The van der Waals surface area contributed by atoms with Crippen molar-refractivity contribution in [3.63, 3.8) is 0 Å². The molecule has 2 amide bonds. The number of hydrogen-bond donors (Lipinski definition) is 3. The number of amides is 2. The Morgan fingerprint density at radius 2 is 1.77 bits per heavy atom. The maximum absolute atomic E-state index is 11.8. The maximum atomic E-state index is 11.8. The predicted molar refractivity (Wildman–Crippen MR) is 85.5 cm³/mol. The highest BCUT2D eigenvalue weighted by Crippen LogP contribution is 2.10. The highest BCUT2D eigenvalue weighted by molar-refractivity contribution is 9.10. The molecule has 120 valence electrons. The Labute approximate surface area is 137 Å². The van der Waals surface area contributed by atoms with Crippen LogP contribution in [0.15, 0.2) is 28.7 Å². The number of carboxylic acids is 1. The molecule has 6 nitrogen and oxygen atoms in total. The lowest BCUT2D eigenvalue weighted by molar-refractivity contribution is -0.142. The van der Waals surface area contributed by atoms with E-state index in [2.05, 4.69) is 26.6 Å². The molecule has 22 heavy (non-hydrogen) atoms. The van der Waals surface area contributed by atoms with Crippen molar-refractivity contribution in [3.8, 4) is 0 Å². The molecule has 0 heterocycles. The molecule has 0 saturated carbocycles. The standard InChI is InChI=1S/C15H19BrN2O4/c1-9(2)7-12(15(21)22)18-13(19)8-17-14(20)10-3-5-11(16)6-4-10/h3-6,9,12H,7-8H2,1-2H3,(H,17,20)(H,18,19)(H,21,22)/t12-/m1/s1. The van der Waals surface area contributed by atoms with E-state index in [9.17, 15) is 14.4 Å². The van der Waals surface area contributed by atoms with Gasteiger partial charge in [-0.1, -0.05) is 29.8 Å². The van der Waals surface area contributed by atoms with Crippen LogP contribution in [0.2, 0.25) is 0 Å². The summed E-state index contributed by atoms with van der Waals surface area (Å²) < 4.78 is 0.847. The molecule has 1 atom stereocenters. The normalized spacial score (nSPS) is 11.8. The monoisotopic (exact) mass is 370 g/mol. The Morgan fingerprint density at radius 3 is 2.27 bits per heavy atom. The van der Waals surface area contributed by atoms with Crippen molar-refractivity contribution in [2.75, 3.05) is 6.54 Å². The number of halogens is 1. The van der Waals surface area contributed by atoms with Gasteiger partial charge in [0.1, 0.15) is 6.04 Å². The SMILES string of the molecule is CC(C)C[C@@H](NC(=O)CNC(=O)c1ccc(Br)cc1)C(=O)O. The van der Waals surface area contributed by atoms with Gasteiger partial charge in [-0.25, -0.2) is 4.79 Å². The Balaban J connectivity index is 2.49. The molecule has 0 radical (unpaired) electrons. The quantitative estimate of drug-likeness (QED) is 0.681. The lowest BCUT2D eigenvalue weighted by Gasteiger charge is -2.16. The van der Waals surface area contributed by atoms with E-state index in [4.69, 9.17) is 5.11 Å². The molecule has 1 aromatic carbocycles. The molecule has 3 N–H and O–H groups in total. The first-order chi connectivity index (χ1) is 10.3. The second-order valence-electron chi connectivity index (χ2n) is 5.28. The van der Waals surface area contributed by atoms with Gasteiger partial charge in [0, 0.05) is 10.0 Å². The Bertz CT molecular complexity index is 543. The van der Waals surface area contributed by atoms with Crippen molar-refractivity contribution >= 4 is 33.7 Å². The van der Waals surface area contributed by atoms with Gasteiger partial charge in [-0.2, -0.15) is 0 Å². The first-order valence-corrected chi connectivity index (χ1v) is 7.64. The smallest absolute Gasteiger partial charge is 0.326 e. The van der Waals surface area contributed by atoms with Gasteiger partial charge >= 0.3 is 5.97 Å². The van der Waals surface area contributed by atoms with E-state index >= 15 is 0 Å². The average Bonchev–Trinajstić information content (AvgIpc) is 2.44. The van der Waals surface area contributed by atoms with Gasteiger partial charge in [0.25, 0.3) is 5.91 Å². The summed E-state index contributed by atoms with van der Waals surface area (Å²) in [6.45, 7) is 3.48. The van der Waals surface area contributed by atoms with Gasteiger partial charge in [0.05, 0.1) is 6.54 Å². The summed E-state index contributed by atoms with van der Waals surface area (Å²) >= 11 is 3.27. The zero-order valence-corrected chi connectivity index (χ0v) is 14.0. The third kappa shape index (κ3) is 6.26. The van der Waals surface area contributed by atoms with Crippen LogP contribution >= 0.6 is 15.9 Å². The summed E-state index contributed by atoms with van der Waals surface area (Å²) in [4.78, 5) is 34.6. The minimum atomic E-state index is -1.08. The lowest BCUT2D eigenvalue weighted by atomic mass is 10.0. The van der Waals surface area contributed by atoms with E-state index in [0.717, 1.165) is 4.47 Å². The number of carbonyl (C=O) groups is 3. The third-order valence-electron chi connectivity index (χ3n) is 2.86. The molecule has 0 spiro atoms. The molecule has 0 unspecified atom stereocenters. The van der Waals surface area contributed by atoms with E-state index in [1.165, 1.54) is 0 Å². The van der Waals surface area contributed by atoms with Crippen molar-refractivity contribution in [2.24, 2.45) is 5.92 Å². The van der Waals surface area contributed by atoms with Crippen molar-refractivity contribution in [3.05, 3.63) is 34.3 Å². The zero-order chi connectivity index (χ0) is 16.7. The first kappa shape index (κ1) is 18.2. The zero-order valence-electron chi connectivity index (χ0n) is 12.4. The van der Waals surface area contributed by atoms with Crippen LogP contribution in [0.5, 0.6) is 0 Å². The molecular formula is C15H19BrN2O4. The molecule has 7 heteroatoms. The van der Waals surface area contributed by atoms with Crippen molar-refractivity contribution in [1.82, 2.24) is 10.6 Å². The second-order valence-corrected chi connectivity index (χ2v) is 6.19. The molecule has 0 aliphatic carbocycles. The molecule has 1 aromatic rings. The third-order valence-corrected chi connectivity index (χ3v) is 3.38. The van der Waals surface area contributed by atoms with Crippen LogP contribution in [-0.2, 0) is 9.59 Å². The fourth-order valence-corrected chi connectivity index (χ4v) is 2.07. The molecule has 0 aromatic heterocycles. The summed E-state index contributed by atoms with van der Waals surface area (Å²) in [5.41, 5.74) is 0.424. The summed E-state index contributed by atoms with van der Waals surface area (Å²) in [6, 6.07) is 5.74. The van der Waals surface area contributed by atoms with Crippen molar-refractivity contribution in [1.29, 1.82) is 0 Å². The predicted octanol–water partition coefficient (Wildman–Crippen LogP) is 1.79. The molecule has 0 aliphatic rings. The van der Waals surface area contributed by atoms with Crippen molar-refractivity contribution < 1.29 is 19.5 Å². The largest absolute Gasteiger partial charge is 0.480 e. The minimum absolute atomic E-state index is 0.138. The van der Waals surface area contributed by atoms with Crippen LogP contribution in [-0.4, -0.2) is 35.5 Å². The van der Waals surface area contributed by atoms with Gasteiger partial charge in [-0.3, -0.25) is 9.59 Å². The molecule has 1 rings (SSSR count). The van der Waals surface area contributed by atoms with Crippen LogP contribution in [0.25, 0.3) is 0 Å². The molecule has 0 aliphatic heterocycles. The van der Waals surface area contributed by atoms with Gasteiger partial charge in [-0.15, -0.1) is 0 Å². The van der Waals surface area contributed by atoms with Gasteiger partial charge in [0.15, 0.2) is 0 Å². The molecule has 0 bridgehead atoms. The summed E-state index contributed by atoms with van der Waals surface area (Å²) in [6.07, 6.45) is 0.335. The summed E-state index contributed by atoms with van der Waals surface area (Å²) in [5.74, 6) is -1.86. The fourth-order valence-electron chi connectivity index (χ4n) is 1.80. The van der Waals surface area contributed by atoms with Crippen LogP contribution in [0.3, 0.4) is 0 Å². The molecule has 0 fully saturated rings. The van der Waals surface area contributed by atoms with Crippen LogP contribution < -0.4 is 10.6 Å². The van der Waals surface area contributed by atoms with E-state index in [1.54, 1.807) is 24.3 Å². The summed E-state index contributed by atoms with van der Waals surface area (Å²) in [5, 5.41) is 13.9. The highest BCUT2D eigenvalue weighted by atomic mass is 79.9. The Hall–Kier alpha value is -1.89. The van der Waals surface area contributed by atoms with Crippen LogP contribution in [0.1, 0.15) is 30.6 Å². The van der Waals surface area contributed by atoms with Gasteiger partial charge < -0.3 is 15.7 Å². The Kier molecular flexibility index (Phi) is 7.04. The average molecular weight is 371 g/mol. The summed E-state index contributed by atoms with van der Waals surface area (Å²) in [7, 11) is 0. The molecule has 0 saturated heterocycles. The van der Waals surface area contributed by atoms with E-state index in [1.807, 2.05) is 13.8 Å². The number of hydrogen-bond acceptors (Lipinski definition) is 3. The number of benzene rings is 1. The van der Waals surface area contributed by atoms with E-state index < -0.39 is 23.8 Å². The minimum Gasteiger partial charge on any atom is -0.480 e. The second kappa shape index (κ2) is 8.53.